The first kappa shape index (κ1) is 17.3. The van der Waals surface area contributed by atoms with Crippen LogP contribution in [-0.4, -0.2) is 40.0 Å². The molecule has 3 heterocycles. The third kappa shape index (κ3) is 1.84. The van der Waals surface area contributed by atoms with E-state index < -0.39 is 40.7 Å². The number of rotatable bonds is 1. The van der Waals surface area contributed by atoms with Crippen LogP contribution in [0.5, 0.6) is 0 Å². The number of hydrogen-bond donors (Lipinski definition) is 2. The summed E-state index contributed by atoms with van der Waals surface area (Å²) < 4.78 is 16.4. The van der Waals surface area contributed by atoms with Gasteiger partial charge in [0.2, 0.25) is 0 Å². The lowest BCUT2D eigenvalue weighted by molar-refractivity contribution is -0.238. The van der Waals surface area contributed by atoms with Crippen molar-refractivity contribution in [1.29, 1.82) is 0 Å². The van der Waals surface area contributed by atoms with E-state index >= 15 is 0 Å². The second-order valence-corrected chi connectivity index (χ2v) is 9.06. The van der Waals surface area contributed by atoms with E-state index in [9.17, 15) is 19.8 Å². The van der Waals surface area contributed by atoms with Gasteiger partial charge in [0.25, 0.3) is 0 Å². The molecule has 1 aromatic rings. The number of cyclic esters (lactones) is 1. The Morgan fingerprint density at radius 2 is 1.89 bits per heavy atom. The van der Waals surface area contributed by atoms with Gasteiger partial charge in [0.05, 0.1) is 29.5 Å². The lowest BCUT2D eigenvalue weighted by atomic mass is 9.43. The number of furan rings is 1. The monoisotopic (exact) mass is 376 g/mol. The van der Waals surface area contributed by atoms with Gasteiger partial charge in [-0.25, -0.2) is 4.79 Å². The van der Waals surface area contributed by atoms with Gasteiger partial charge in [-0.15, -0.1) is 0 Å². The molecule has 0 radical (unpaired) electrons. The Morgan fingerprint density at radius 1 is 1.11 bits per heavy atom. The first-order valence-corrected chi connectivity index (χ1v) is 9.57. The predicted octanol–water partition coefficient (Wildman–Crippen LogP) is 1.73. The highest BCUT2D eigenvalue weighted by Gasteiger charge is 2.77. The van der Waals surface area contributed by atoms with E-state index in [-0.39, 0.29) is 17.8 Å². The van der Waals surface area contributed by atoms with Gasteiger partial charge in [-0.3, -0.25) is 4.79 Å². The molecule has 4 aliphatic rings. The van der Waals surface area contributed by atoms with Crippen LogP contribution in [0.2, 0.25) is 0 Å². The predicted molar refractivity (Wildman–Crippen MR) is 90.0 cm³/mol. The topological polar surface area (TPSA) is 106 Å². The van der Waals surface area contributed by atoms with Crippen molar-refractivity contribution in [3.63, 3.8) is 0 Å². The van der Waals surface area contributed by atoms with Crippen molar-refractivity contribution in [2.75, 3.05) is 0 Å². The van der Waals surface area contributed by atoms with Crippen molar-refractivity contribution in [1.82, 2.24) is 0 Å². The van der Waals surface area contributed by atoms with Crippen LogP contribution in [0.1, 0.15) is 51.2 Å². The molecule has 0 unspecified atom stereocenters. The van der Waals surface area contributed by atoms with Crippen molar-refractivity contribution in [3.8, 4) is 0 Å². The fourth-order valence-electron chi connectivity index (χ4n) is 6.39. The highest BCUT2D eigenvalue weighted by atomic mass is 16.6. The highest BCUT2D eigenvalue weighted by Crippen LogP contribution is 2.68. The summed E-state index contributed by atoms with van der Waals surface area (Å²) >= 11 is 0. The van der Waals surface area contributed by atoms with Crippen LogP contribution in [0.3, 0.4) is 0 Å². The lowest BCUT2D eigenvalue weighted by Gasteiger charge is -2.61. The van der Waals surface area contributed by atoms with Crippen molar-refractivity contribution in [2.45, 2.75) is 63.4 Å². The highest BCUT2D eigenvalue weighted by molar-refractivity contribution is 5.86. The van der Waals surface area contributed by atoms with Gasteiger partial charge in [0.15, 0.2) is 5.60 Å². The van der Waals surface area contributed by atoms with Crippen molar-refractivity contribution in [2.24, 2.45) is 22.7 Å². The number of hydrogen-bond acceptors (Lipinski definition) is 7. The first-order chi connectivity index (χ1) is 12.7. The first-order valence-electron chi connectivity index (χ1n) is 9.57. The van der Waals surface area contributed by atoms with Crippen LogP contribution in [0.15, 0.2) is 23.0 Å². The standard InChI is InChI=1S/C20H24O7/c1-18-8-15-19(2)11(3-4-14(21)20(19,24)17(23)27-15)12(18)7-13(26-16(18)22)10-5-6-25-9-10/h5-6,9,11-15,21,24H,3-4,7-8H2,1-2H3/t11-,12-,13+,14-,15+,18-,19+,20+/m1/s1. The molecular formula is C20H24O7. The number of ether oxygens (including phenoxy) is 2. The largest absolute Gasteiger partial charge is 0.472 e. The molecule has 0 spiro atoms. The van der Waals surface area contributed by atoms with Gasteiger partial charge in [-0.2, -0.15) is 0 Å². The number of aliphatic hydroxyl groups excluding tert-OH is 1. The molecule has 2 saturated heterocycles. The quantitative estimate of drug-likeness (QED) is 0.719. The molecule has 2 saturated carbocycles. The second kappa shape index (κ2) is 5.14. The fourth-order valence-corrected chi connectivity index (χ4v) is 6.39. The Labute approximate surface area is 156 Å². The van der Waals surface area contributed by atoms with Gasteiger partial charge in [-0.05, 0) is 44.1 Å². The summed E-state index contributed by atoms with van der Waals surface area (Å²) in [6.07, 6.45) is 2.76. The molecule has 8 atom stereocenters. The van der Waals surface area contributed by atoms with Gasteiger partial charge in [0, 0.05) is 12.0 Å². The van der Waals surface area contributed by atoms with Crippen molar-refractivity contribution in [3.05, 3.63) is 24.2 Å². The van der Waals surface area contributed by atoms with E-state index in [1.807, 2.05) is 13.8 Å². The SMILES string of the molecule is C[C@@]12[C@@H]3C[C@@]4(C)C(=O)O[C@H](c5ccoc5)C[C@@H]4[C@H]1CC[C@@H](O)[C@]2(O)C(=O)O3. The number of carbonyl (C=O) groups is 2. The summed E-state index contributed by atoms with van der Waals surface area (Å²) in [5.74, 6) is -1.30. The lowest BCUT2D eigenvalue weighted by Crippen LogP contribution is -2.69. The Morgan fingerprint density at radius 3 is 2.59 bits per heavy atom. The summed E-state index contributed by atoms with van der Waals surface area (Å²) in [5.41, 5.74) is -2.83. The zero-order chi connectivity index (χ0) is 19.2. The molecule has 2 aliphatic carbocycles. The van der Waals surface area contributed by atoms with Gasteiger partial charge in [0.1, 0.15) is 12.2 Å². The maximum atomic E-state index is 13.0. The molecule has 0 aromatic carbocycles. The molecule has 4 fully saturated rings. The minimum Gasteiger partial charge on any atom is -0.472 e. The minimum atomic E-state index is -1.92. The number of fused-ring (bicyclic) bond motifs is 2. The molecule has 2 aliphatic heterocycles. The van der Waals surface area contributed by atoms with E-state index in [1.165, 1.54) is 0 Å². The van der Waals surface area contributed by atoms with Crippen LogP contribution in [0, 0.1) is 22.7 Å². The van der Waals surface area contributed by atoms with Crippen LogP contribution in [0.25, 0.3) is 0 Å². The number of aliphatic hydroxyl groups is 2. The smallest absolute Gasteiger partial charge is 0.341 e. The number of esters is 2. The van der Waals surface area contributed by atoms with Crippen LogP contribution < -0.4 is 0 Å². The van der Waals surface area contributed by atoms with Crippen LogP contribution >= 0.6 is 0 Å². The van der Waals surface area contributed by atoms with E-state index in [2.05, 4.69) is 0 Å². The summed E-state index contributed by atoms with van der Waals surface area (Å²) in [6.45, 7) is 3.71. The molecular weight excluding hydrogens is 352 g/mol. The summed E-state index contributed by atoms with van der Waals surface area (Å²) in [4.78, 5) is 25.6. The minimum absolute atomic E-state index is 0.0894. The maximum absolute atomic E-state index is 13.0. The summed E-state index contributed by atoms with van der Waals surface area (Å²) in [7, 11) is 0. The van der Waals surface area contributed by atoms with E-state index in [1.54, 1.807) is 18.6 Å². The summed E-state index contributed by atoms with van der Waals surface area (Å²) in [6, 6.07) is 1.79. The van der Waals surface area contributed by atoms with E-state index in [0.29, 0.717) is 25.7 Å². The average molecular weight is 376 g/mol. The maximum Gasteiger partial charge on any atom is 0.341 e. The Bertz CT molecular complexity index is 803. The van der Waals surface area contributed by atoms with E-state index in [4.69, 9.17) is 13.9 Å². The van der Waals surface area contributed by atoms with Crippen molar-refractivity contribution < 1.29 is 33.7 Å². The molecule has 0 bridgehead atoms. The van der Waals surface area contributed by atoms with Crippen molar-refractivity contribution >= 4 is 11.9 Å². The van der Waals surface area contributed by atoms with E-state index in [0.717, 1.165) is 5.56 Å². The Hall–Kier alpha value is -1.86. The van der Waals surface area contributed by atoms with Crippen LogP contribution in [-0.2, 0) is 19.1 Å². The molecule has 7 nitrogen and oxygen atoms in total. The molecule has 146 valence electrons. The molecule has 7 heteroatoms. The Balaban J connectivity index is 1.60. The molecule has 5 rings (SSSR count). The average Bonchev–Trinajstić information content (AvgIpc) is 3.21. The number of carbonyl (C=O) groups excluding carboxylic acids is 2. The second-order valence-electron chi connectivity index (χ2n) is 9.06. The third-order valence-electron chi connectivity index (χ3n) is 8.07. The molecule has 2 N–H and O–H groups in total. The fraction of sp³-hybridized carbons (Fsp3) is 0.700. The third-order valence-corrected chi connectivity index (χ3v) is 8.07. The molecule has 1 aromatic heterocycles. The normalized spacial score (nSPS) is 51.2. The van der Waals surface area contributed by atoms with Gasteiger partial charge >= 0.3 is 11.9 Å². The molecule has 27 heavy (non-hydrogen) atoms. The van der Waals surface area contributed by atoms with Gasteiger partial charge < -0.3 is 24.1 Å². The zero-order valence-corrected chi connectivity index (χ0v) is 15.4. The molecule has 0 amide bonds. The van der Waals surface area contributed by atoms with Crippen LogP contribution in [0.4, 0.5) is 0 Å². The summed E-state index contributed by atoms with van der Waals surface area (Å²) in [5, 5.41) is 21.7. The zero-order valence-electron chi connectivity index (χ0n) is 15.4. The Kier molecular flexibility index (Phi) is 3.29. The van der Waals surface area contributed by atoms with Gasteiger partial charge in [-0.1, -0.05) is 6.92 Å².